The van der Waals surface area contributed by atoms with Gasteiger partial charge in [-0.3, -0.25) is 9.69 Å². The van der Waals surface area contributed by atoms with Crippen molar-refractivity contribution in [3.63, 3.8) is 0 Å². The van der Waals surface area contributed by atoms with Crippen LogP contribution in [0.2, 0.25) is 0 Å². The van der Waals surface area contributed by atoms with Gasteiger partial charge in [-0.15, -0.1) is 0 Å². The van der Waals surface area contributed by atoms with Crippen LogP contribution in [-0.2, 0) is 4.79 Å². The fraction of sp³-hybridized carbons (Fsp3) is 0.562. The number of likely N-dealkylation sites (tertiary alicyclic amines) is 1. The van der Waals surface area contributed by atoms with Gasteiger partial charge >= 0.3 is 0 Å². The van der Waals surface area contributed by atoms with E-state index < -0.39 is 0 Å². The third kappa shape index (κ3) is 4.72. The maximum Gasteiger partial charge on any atom is 0.238 e. The Morgan fingerprint density at radius 1 is 1.48 bits per heavy atom. The van der Waals surface area contributed by atoms with Crippen molar-refractivity contribution in [3.05, 3.63) is 24.3 Å². The molecule has 0 bridgehead atoms. The van der Waals surface area contributed by atoms with Crippen LogP contribution < -0.4 is 10.1 Å². The van der Waals surface area contributed by atoms with Crippen molar-refractivity contribution in [1.29, 1.82) is 0 Å². The zero-order valence-corrected chi connectivity index (χ0v) is 12.7. The molecule has 2 unspecified atom stereocenters. The molecule has 5 heteroatoms. The number of ether oxygens (including phenoxy) is 1. The van der Waals surface area contributed by atoms with E-state index >= 15 is 0 Å². The summed E-state index contributed by atoms with van der Waals surface area (Å²) in [6.45, 7) is 3.10. The molecule has 1 fully saturated rings. The first kappa shape index (κ1) is 15.8. The van der Waals surface area contributed by atoms with Crippen LogP contribution in [-0.4, -0.2) is 48.3 Å². The highest BCUT2D eigenvalue weighted by Gasteiger charge is 2.27. The SMILES string of the molecule is COc1ccc(NC(=O)CN2CCCC2CC(C)O)cc1. The Labute approximate surface area is 125 Å². The number of carbonyl (C=O) groups is 1. The Morgan fingerprint density at radius 2 is 2.19 bits per heavy atom. The minimum atomic E-state index is -0.319. The van der Waals surface area contributed by atoms with E-state index in [1.807, 2.05) is 24.3 Å². The third-order valence-electron chi connectivity index (χ3n) is 3.83. The molecule has 0 radical (unpaired) electrons. The minimum absolute atomic E-state index is 0.0161. The molecule has 1 heterocycles. The highest BCUT2D eigenvalue weighted by molar-refractivity contribution is 5.92. The van der Waals surface area contributed by atoms with Crippen LogP contribution in [0.1, 0.15) is 26.2 Å². The van der Waals surface area contributed by atoms with E-state index in [2.05, 4.69) is 10.2 Å². The monoisotopic (exact) mass is 292 g/mol. The van der Waals surface area contributed by atoms with Gasteiger partial charge in [-0.1, -0.05) is 0 Å². The maximum absolute atomic E-state index is 12.1. The number of hydrogen-bond donors (Lipinski definition) is 2. The van der Waals surface area contributed by atoms with Crippen LogP contribution in [0.15, 0.2) is 24.3 Å². The number of hydrogen-bond acceptors (Lipinski definition) is 4. The summed E-state index contributed by atoms with van der Waals surface area (Å²) in [6, 6.07) is 7.61. The molecule has 21 heavy (non-hydrogen) atoms. The quantitative estimate of drug-likeness (QED) is 0.840. The largest absolute Gasteiger partial charge is 0.497 e. The Morgan fingerprint density at radius 3 is 2.81 bits per heavy atom. The van der Waals surface area contributed by atoms with Crippen molar-refractivity contribution in [1.82, 2.24) is 4.90 Å². The van der Waals surface area contributed by atoms with E-state index in [0.717, 1.165) is 37.2 Å². The predicted molar refractivity (Wildman–Crippen MR) is 82.5 cm³/mol. The molecule has 1 aliphatic heterocycles. The zero-order valence-electron chi connectivity index (χ0n) is 12.7. The Balaban J connectivity index is 1.85. The summed E-state index contributed by atoms with van der Waals surface area (Å²) in [6.07, 6.45) is 2.56. The normalized spacial score (nSPS) is 20.2. The van der Waals surface area contributed by atoms with Crippen LogP contribution in [0.3, 0.4) is 0 Å². The van der Waals surface area contributed by atoms with E-state index in [-0.39, 0.29) is 12.0 Å². The van der Waals surface area contributed by atoms with Crippen molar-refractivity contribution < 1.29 is 14.6 Å². The lowest BCUT2D eigenvalue weighted by Crippen LogP contribution is -2.38. The molecule has 2 N–H and O–H groups in total. The van der Waals surface area contributed by atoms with Gasteiger partial charge in [0.15, 0.2) is 0 Å². The van der Waals surface area contributed by atoms with Crippen molar-refractivity contribution in [2.75, 3.05) is 25.5 Å². The number of rotatable bonds is 6. The number of anilines is 1. The first-order chi connectivity index (χ1) is 10.1. The summed E-state index contributed by atoms with van der Waals surface area (Å²) >= 11 is 0. The molecule has 2 atom stereocenters. The van der Waals surface area contributed by atoms with Crippen molar-refractivity contribution in [2.24, 2.45) is 0 Å². The molecule has 1 aromatic rings. The molecule has 0 aliphatic carbocycles. The van der Waals surface area contributed by atoms with Crippen LogP contribution in [0, 0.1) is 0 Å². The number of amides is 1. The fourth-order valence-electron chi connectivity index (χ4n) is 2.82. The van der Waals surface area contributed by atoms with Gasteiger partial charge in [-0.05, 0) is 57.0 Å². The van der Waals surface area contributed by atoms with E-state index in [1.165, 1.54) is 0 Å². The lowest BCUT2D eigenvalue weighted by molar-refractivity contribution is -0.117. The Hall–Kier alpha value is -1.59. The molecule has 2 rings (SSSR count). The number of aliphatic hydroxyl groups excluding tert-OH is 1. The average molecular weight is 292 g/mol. The van der Waals surface area contributed by atoms with Gasteiger partial charge in [0.05, 0.1) is 19.8 Å². The first-order valence-electron chi connectivity index (χ1n) is 7.44. The van der Waals surface area contributed by atoms with E-state index in [0.29, 0.717) is 12.6 Å². The number of benzene rings is 1. The second-order valence-corrected chi connectivity index (χ2v) is 5.63. The molecule has 1 aromatic carbocycles. The zero-order chi connectivity index (χ0) is 15.2. The van der Waals surface area contributed by atoms with Gasteiger partial charge in [-0.2, -0.15) is 0 Å². The molecule has 0 saturated carbocycles. The molecule has 5 nitrogen and oxygen atoms in total. The number of aliphatic hydroxyl groups is 1. The molecule has 116 valence electrons. The third-order valence-corrected chi connectivity index (χ3v) is 3.83. The Kier molecular flexibility index (Phi) is 5.59. The highest BCUT2D eigenvalue weighted by atomic mass is 16.5. The number of nitrogens with zero attached hydrogens (tertiary/aromatic N) is 1. The Bertz CT molecular complexity index is 459. The average Bonchev–Trinajstić information content (AvgIpc) is 2.86. The number of carbonyl (C=O) groups excluding carboxylic acids is 1. The molecule has 1 aliphatic rings. The number of methoxy groups -OCH3 is 1. The van der Waals surface area contributed by atoms with E-state index in [1.54, 1.807) is 14.0 Å². The van der Waals surface area contributed by atoms with Crippen LogP contribution in [0.4, 0.5) is 5.69 Å². The van der Waals surface area contributed by atoms with Crippen molar-refractivity contribution in [2.45, 2.75) is 38.3 Å². The van der Waals surface area contributed by atoms with Gasteiger partial charge in [0, 0.05) is 11.7 Å². The predicted octanol–water partition coefficient (Wildman–Crippen LogP) is 1.87. The summed E-state index contributed by atoms with van der Waals surface area (Å²) in [5.74, 6) is 0.752. The van der Waals surface area contributed by atoms with Gasteiger partial charge < -0.3 is 15.2 Å². The van der Waals surface area contributed by atoms with E-state index in [9.17, 15) is 9.90 Å². The standard InChI is InChI=1S/C16H24N2O3/c1-12(19)10-14-4-3-9-18(14)11-16(20)17-13-5-7-15(21-2)8-6-13/h5-8,12,14,19H,3-4,9-11H2,1-2H3,(H,17,20). The second-order valence-electron chi connectivity index (χ2n) is 5.63. The van der Waals surface area contributed by atoms with Crippen LogP contribution in [0.25, 0.3) is 0 Å². The molecular formula is C16H24N2O3. The topological polar surface area (TPSA) is 61.8 Å². The molecule has 1 saturated heterocycles. The molecule has 0 spiro atoms. The molecule has 0 aromatic heterocycles. The fourth-order valence-corrected chi connectivity index (χ4v) is 2.82. The smallest absolute Gasteiger partial charge is 0.238 e. The van der Waals surface area contributed by atoms with Gasteiger partial charge in [0.1, 0.15) is 5.75 Å². The van der Waals surface area contributed by atoms with Crippen molar-refractivity contribution in [3.8, 4) is 5.75 Å². The van der Waals surface area contributed by atoms with Gasteiger partial charge in [0.2, 0.25) is 5.91 Å². The summed E-state index contributed by atoms with van der Waals surface area (Å²) in [7, 11) is 1.61. The minimum Gasteiger partial charge on any atom is -0.497 e. The first-order valence-corrected chi connectivity index (χ1v) is 7.44. The summed E-state index contributed by atoms with van der Waals surface area (Å²) in [4.78, 5) is 14.3. The summed E-state index contributed by atoms with van der Waals surface area (Å²) in [5, 5.41) is 12.4. The lowest BCUT2D eigenvalue weighted by atomic mass is 10.1. The second kappa shape index (κ2) is 7.43. The van der Waals surface area contributed by atoms with Crippen molar-refractivity contribution >= 4 is 11.6 Å². The summed E-state index contributed by atoms with van der Waals surface area (Å²) in [5.41, 5.74) is 0.770. The van der Waals surface area contributed by atoms with Crippen LogP contribution in [0.5, 0.6) is 5.75 Å². The molecular weight excluding hydrogens is 268 g/mol. The lowest BCUT2D eigenvalue weighted by Gasteiger charge is -2.24. The summed E-state index contributed by atoms with van der Waals surface area (Å²) < 4.78 is 5.09. The van der Waals surface area contributed by atoms with Gasteiger partial charge in [-0.25, -0.2) is 0 Å². The maximum atomic E-state index is 12.1. The highest BCUT2D eigenvalue weighted by Crippen LogP contribution is 2.21. The molecule has 1 amide bonds. The van der Waals surface area contributed by atoms with Gasteiger partial charge in [0.25, 0.3) is 0 Å². The number of nitrogens with one attached hydrogen (secondary N) is 1. The van der Waals surface area contributed by atoms with Crippen LogP contribution >= 0.6 is 0 Å². The van der Waals surface area contributed by atoms with E-state index in [4.69, 9.17) is 4.74 Å².